The van der Waals surface area contributed by atoms with Gasteiger partial charge < -0.3 is 0 Å². The Hall–Kier alpha value is -1.64. The molecule has 114 valence electrons. The highest BCUT2D eigenvalue weighted by Crippen LogP contribution is 2.24. The fourth-order valence-electron chi connectivity index (χ4n) is 3.91. The monoisotopic (exact) mass is 292 g/mol. The molecule has 2 aromatic rings. The first-order valence-corrected chi connectivity index (χ1v) is 8.55. The third-order valence-corrected chi connectivity index (χ3v) is 5.10. The van der Waals surface area contributed by atoms with Gasteiger partial charge in [-0.2, -0.15) is 0 Å². The molecule has 2 N–H and O–H groups in total. The first-order chi connectivity index (χ1) is 10.9. The molecule has 2 atom stereocenters. The third kappa shape index (κ3) is 2.94. The van der Waals surface area contributed by atoms with Crippen LogP contribution in [0.2, 0.25) is 0 Å². The summed E-state index contributed by atoms with van der Waals surface area (Å²) in [5.41, 5.74) is 3.99. The maximum absolute atomic E-state index is 3.78. The average Bonchev–Trinajstić information content (AvgIpc) is 2.98. The van der Waals surface area contributed by atoms with Gasteiger partial charge in [-0.05, 0) is 29.5 Å². The molecule has 2 fully saturated rings. The van der Waals surface area contributed by atoms with E-state index in [2.05, 4.69) is 65.2 Å². The van der Waals surface area contributed by atoms with Crippen LogP contribution in [0.15, 0.2) is 54.6 Å². The molecule has 0 aromatic heterocycles. The van der Waals surface area contributed by atoms with E-state index in [-0.39, 0.29) is 0 Å². The Morgan fingerprint density at radius 1 is 0.727 bits per heavy atom. The highest BCUT2D eigenvalue weighted by molar-refractivity contribution is 5.63. The molecule has 1 aliphatic carbocycles. The summed E-state index contributed by atoms with van der Waals surface area (Å²) in [5.74, 6) is 0. The summed E-state index contributed by atoms with van der Waals surface area (Å²) < 4.78 is 0. The number of hydrogen-bond acceptors (Lipinski definition) is 2. The van der Waals surface area contributed by atoms with Gasteiger partial charge in [0.25, 0.3) is 0 Å². The lowest BCUT2D eigenvalue weighted by Crippen LogP contribution is -2.36. The van der Waals surface area contributed by atoms with Crippen LogP contribution in [-0.2, 0) is 6.42 Å². The molecule has 2 unspecified atom stereocenters. The van der Waals surface area contributed by atoms with Gasteiger partial charge in [0.15, 0.2) is 0 Å². The van der Waals surface area contributed by atoms with Crippen LogP contribution in [-0.4, -0.2) is 18.2 Å². The van der Waals surface area contributed by atoms with Crippen molar-refractivity contribution in [2.45, 2.75) is 50.4 Å². The first-order valence-electron chi connectivity index (χ1n) is 8.55. The SMILES string of the molecule is c1ccc(-c2ccc(CC3NC4CCCCC4N3)cc2)cc1. The van der Waals surface area contributed by atoms with Gasteiger partial charge >= 0.3 is 0 Å². The molecule has 0 spiro atoms. The minimum Gasteiger partial charge on any atom is -0.297 e. The Morgan fingerprint density at radius 2 is 1.32 bits per heavy atom. The number of hydrogen-bond donors (Lipinski definition) is 2. The van der Waals surface area contributed by atoms with Crippen molar-refractivity contribution >= 4 is 0 Å². The second-order valence-corrected chi connectivity index (χ2v) is 6.65. The van der Waals surface area contributed by atoms with Gasteiger partial charge in [0, 0.05) is 18.5 Å². The number of benzene rings is 2. The van der Waals surface area contributed by atoms with Crippen LogP contribution in [0.3, 0.4) is 0 Å². The van der Waals surface area contributed by atoms with Gasteiger partial charge in [0.1, 0.15) is 0 Å². The van der Waals surface area contributed by atoms with Crippen molar-refractivity contribution < 1.29 is 0 Å². The topological polar surface area (TPSA) is 24.1 Å². The van der Waals surface area contributed by atoms with Crippen LogP contribution in [0.1, 0.15) is 31.2 Å². The summed E-state index contributed by atoms with van der Waals surface area (Å²) in [5, 5.41) is 7.55. The molecule has 22 heavy (non-hydrogen) atoms. The minimum absolute atomic E-state index is 0.440. The fraction of sp³-hybridized carbons (Fsp3) is 0.400. The van der Waals surface area contributed by atoms with Crippen LogP contribution in [0.5, 0.6) is 0 Å². The molecule has 0 amide bonds. The Kier molecular flexibility index (Phi) is 3.96. The predicted octanol–water partition coefficient (Wildman–Crippen LogP) is 3.73. The zero-order chi connectivity index (χ0) is 14.8. The van der Waals surface area contributed by atoms with E-state index in [9.17, 15) is 0 Å². The molecule has 1 heterocycles. The summed E-state index contributed by atoms with van der Waals surface area (Å²) in [6.07, 6.45) is 6.95. The fourth-order valence-corrected chi connectivity index (χ4v) is 3.91. The van der Waals surface area contributed by atoms with E-state index in [0.717, 1.165) is 6.42 Å². The lowest BCUT2D eigenvalue weighted by Gasteiger charge is -2.23. The lowest BCUT2D eigenvalue weighted by molar-refractivity contribution is 0.374. The predicted molar refractivity (Wildman–Crippen MR) is 91.7 cm³/mol. The largest absolute Gasteiger partial charge is 0.297 e. The lowest BCUT2D eigenvalue weighted by atomic mass is 9.92. The Labute approximate surface area is 132 Å². The van der Waals surface area contributed by atoms with Crippen molar-refractivity contribution in [1.29, 1.82) is 0 Å². The zero-order valence-electron chi connectivity index (χ0n) is 13.0. The first kappa shape index (κ1) is 14.0. The standard InChI is InChI=1S/C20H24N2/c1-2-6-16(7-3-1)17-12-10-15(11-13-17)14-20-21-18-8-4-5-9-19(18)22-20/h1-3,6-7,10-13,18-22H,4-5,8-9,14H2. The van der Waals surface area contributed by atoms with Gasteiger partial charge in [0.05, 0.1) is 6.17 Å². The molecule has 2 aliphatic rings. The number of nitrogens with one attached hydrogen (secondary N) is 2. The Bertz CT molecular complexity index is 591. The van der Waals surface area contributed by atoms with Gasteiger partial charge in [-0.25, -0.2) is 0 Å². The minimum atomic E-state index is 0.440. The van der Waals surface area contributed by atoms with E-state index in [1.54, 1.807) is 0 Å². The van der Waals surface area contributed by atoms with Crippen molar-refractivity contribution in [2.24, 2.45) is 0 Å². The van der Waals surface area contributed by atoms with E-state index in [1.165, 1.54) is 42.4 Å². The van der Waals surface area contributed by atoms with Crippen LogP contribution in [0.4, 0.5) is 0 Å². The van der Waals surface area contributed by atoms with Crippen molar-refractivity contribution in [3.63, 3.8) is 0 Å². The highest BCUT2D eigenvalue weighted by Gasteiger charge is 2.34. The zero-order valence-corrected chi connectivity index (χ0v) is 13.0. The van der Waals surface area contributed by atoms with Crippen molar-refractivity contribution in [2.75, 3.05) is 0 Å². The maximum atomic E-state index is 3.78. The summed E-state index contributed by atoms with van der Waals surface area (Å²) in [7, 11) is 0. The Morgan fingerprint density at radius 3 is 1.95 bits per heavy atom. The van der Waals surface area contributed by atoms with Gasteiger partial charge in [-0.3, -0.25) is 10.6 Å². The van der Waals surface area contributed by atoms with Gasteiger partial charge in [-0.15, -0.1) is 0 Å². The van der Waals surface area contributed by atoms with Gasteiger partial charge in [-0.1, -0.05) is 67.4 Å². The molecule has 0 radical (unpaired) electrons. The molecular formula is C20H24N2. The highest BCUT2D eigenvalue weighted by atomic mass is 15.2. The average molecular weight is 292 g/mol. The molecule has 2 aromatic carbocycles. The molecule has 2 heteroatoms. The quantitative estimate of drug-likeness (QED) is 0.901. The molecule has 1 saturated heterocycles. The molecule has 2 nitrogen and oxygen atoms in total. The second-order valence-electron chi connectivity index (χ2n) is 6.65. The van der Waals surface area contributed by atoms with Crippen LogP contribution >= 0.6 is 0 Å². The van der Waals surface area contributed by atoms with Crippen LogP contribution in [0, 0.1) is 0 Å². The Balaban J connectivity index is 1.41. The summed E-state index contributed by atoms with van der Waals surface area (Å²) in [6.45, 7) is 0. The molecular weight excluding hydrogens is 268 g/mol. The summed E-state index contributed by atoms with van der Waals surface area (Å²) >= 11 is 0. The van der Waals surface area contributed by atoms with Gasteiger partial charge in [0.2, 0.25) is 0 Å². The summed E-state index contributed by atoms with van der Waals surface area (Å²) in [4.78, 5) is 0. The van der Waals surface area contributed by atoms with Crippen molar-refractivity contribution in [1.82, 2.24) is 10.6 Å². The van der Waals surface area contributed by atoms with E-state index in [1.807, 2.05) is 0 Å². The molecule has 1 saturated carbocycles. The van der Waals surface area contributed by atoms with E-state index in [4.69, 9.17) is 0 Å². The van der Waals surface area contributed by atoms with E-state index < -0.39 is 0 Å². The normalized spacial score (nSPS) is 27.5. The van der Waals surface area contributed by atoms with Crippen LogP contribution < -0.4 is 10.6 Å². The molecule has 1 aliphatic heterocycles. The van der Waals surface area contributed by atoms with Crippen molar-refractivity contribution in [3.05, 3.63) is 60.2 Å². The molecule has 4 rings (SSSR count). The third-order valence-electron chi connectivity index (χ3n) is 5.10. The van der Waals surface area contributed by atoms with Crippen molar-refractivity contribution in [3.8, 4) is 11.1 Å². The smallest absolute Gasteiger partial charge is 0.0618 e. The van der Waals surface area contributed by atoms with E-state index in [0.29, 0.717) is 18.2 Å². The molecule has 0 bridgehead atoms. The van der Waals surface area contributed by atoms with Crippen LogP contribution in [0.25, 0.3) is 11.1 Å². The number of rotatable bonds is 3. The summed E-state index contributed by atoms with van der Waals surface area (Å²) in [6, 6.07) is 21.0. The second kappa shape index (κ2) is 6.23. The van der Waals surface area contributed by atoms with E-state index >= 15 is 0 Å². The number of fused-ring (bicyclic) bond motifs is 1. The maximum Gasteiger partial charge on any atom is 0.0618 e.